The molecule has 0 spiro atoms. The molecule has 3 amide bonds. The highest BCUT2D eigenvalue weighted by molar-refractivity contribution is 7.12. The van der Waals surface area contributed by atoms with Gasteiger partial charge in [-0.1, -0.05) is 6.07 Å². The zero-order valence-electron chi connectivity index (χ0n) is 19.3. The minimum atomic E-state index is -0.401. The molecule has 3 rings (SSSR count). The average Bonchev–Trinajstić information content (AvgIpc) is 3.40. The zero-order valence-corrected chi connectivity index (χ0v) is 20.1. The highest BCUT2D eigenvalue weighted by Crippen LogP contribution is 2.28. The van der Waals surface area contributed by atoms with E-state index >= 15 is 0 Å². The molecule has 1 aromatic heterocycles. The minimum Gasteiger partial charge on any atom is -0.493 e. The van der Waals surface area contributed by atoms with Crippen molar-refractivity contribution in [3.63, 3.8) is 0 Å². The Balaban J connectivity index is 1.43. The van der Waals surface area contributed by atoms with Crippen LogP contribution in [-0.4, -0.2) is 50.3 Å². The van der Waals surface area contributed by atoms with Gasteiger partial charge < -0.3 is 25.4 Å². The number of anilines is 1. The number of hydrogen-bond donors (Lipinski definition) is 3. The van der Waals surface area contributed by atoms with E-state index in [-0.39, 0.29) is 30.7 Å². The number of nitrogens with one attached hydrogen (secondary N) is 3. The Kier molecular flexibility index (Phi) is 8.96. The number of hydrogen-bond acceptors (Lipinski definition) is 7. The Hall–Kier alpha value is -4.18. The molecule has 0 aliphatic heterocycles. The number of methoxy groups -OCH3 is 1. The van der Waals surface area contributed by atoms with Gasteiger partial charge in [-0.05, 0) is 60.8 Å². The molecule has 1 heterocycles. The second kappa shape index (κ2) is 12.3. The fraction of sp³-hybridized carbons (Fsp3) is 0.200. The van der Waals surface area contributed by atoms with Crippen molar-refractivity contribution in [1.29, 1.82) is 0 Å². The van der Waals surface area contributed by atoms with Crippen molar-refractivity contribution in [1.82, 2.24) is 10.6 Å². The van der Waals surface area contributed by atoms with Gasteiger partial charge in [-0.2, -0.15) is 0 Å². The first-order valence-corrected chi connectivity index (χ1v) is 11.6. The van der Waals surface area contributed by atoms with Crippen molar-refractivity contribution in [3.05, 3.63) is 76.0 Å². The SMILES string of the molecule is COc1cc(C(C)=O)ccc1OCC(=O)Nc1ccc(C(=O)NCCNC(=O)c2cccs2)cc1. The first-order valence-electron chi connectivity index (χ1n) is 10.7. The number of Topliss-reactive ketones (excluding diaryl/α,β-unsaturated/α-hetero) is 1. The van der Waals surface area contributed by atoms with E-state index in [1.54, 1.807) is 54.6 Å². The van der Waals surface area contributed by atoms with Gasteiger partial charge in [0.05, 0.1) is 12.0 Å². The molecule has 35 heavy (non-hydrogen) atoms. The number of ketones is 1. The van der Waals surface area contributed by atoms with Crippen LogP contribution in [-0.2, 0) is 4.79 Å². The van der Waals surface area contributed by atoms with E-state index < -0.39 is 5.91 Å². The van der Waals surface area contributed by atoms with Crippen LogP contribution in [0.3, 0.4) is 0 Å². The molecule has 2 aromatic carbocycles. The lowest BCUT2D eigenvalue weighted by Crippen LogP contribution is -2.34. The number of amides is 3. The summed E-state index contributed by atoms with van der Waals surface area (Å²) >= 11 is 1.35. The fourth-order valence-corrected chi connectivity index (χ4v) is 3.64. The highest BCUT2D eigenvalue weighted by atomic mass is 32.1. The first-order chi connectivity index (χ1) is 16.9. The standard InChI is InChI=1S/C25H25N3O6S/c1-16(29)18-7-10-20(21(14-18)33-2)34-15-23(30)28-19-8-5-17(6-9-19)24(31)26-11-12-27-25(32)22-4-3-13-35-22/h3-10,13-14H,11-12,15H2,1-2H3,(H,26,31)(H,27,32)(H,28,30). The van der Waals surface area contributed by atoms with Gasteiger partial charge >= 0.3 is 0 Å². The van der Waals surface area contributed by atoms with Crippen LogP contribution >= 0.6 is 11.3 Å². The molecule has 0 saturated carbocycles. The Morgan fingerprint density at radius 3 is 2.17 bits per heavy atom. The van der Waals surface area contributed by atoms with Crippen LogP contribution in [0, 0.1) is 0 Å². The maximum absolute atomic E-state index is 12.3. The molecule has 0 radical (unpaired) electrons. The van der Waals surface area contributed by atoms with E-state index in [4.69, 9.17) is 9.47 Å². The smallest absolute Gasteiger partial charge is 0.262 e. The van der Waals surface area contributed by atoms with E-state index in [0.29, 0.717) is 39.7 Å². The zero-order chi connectivity index (χ0) is 25.2. The molecule has 3 N–H and O–H groups in total. The van der Waals surface area contributed by atoms with Crippen molar-refractivity contribution < 1.29 is 28.7 Å². The van der Waals surface area contributed by atoms with Crippen LogP contribution in [0.2, 0.25) is 0 Å². The predicted molar refractivity (Wildman–Crippen MR) is 133 cm³/mol. The van der Waals surface area contributed by atoms with Gasteiger partial charge in [0.2, 0.25) is 0 Å². The number of benzene rings is 2. The lowest BCUT2D eigenvalue weighted by molar-refractivity contribution is -0.118. The van der Waals surface area contributed by atoms with Gasteiger partial charge in [0, 0.05) is 29.9 Å². The molecule has 182 valence electrons. The van der Waals surface area contributed by atoms with E-state index in [1.807, 2.05) is 5.38 Å². The fourth-order valence-electron chi connectivity index (χ4n) is 3.00. The van der Waals surface area contributed by atoms with Crippen molar-refractivity contribution in [3.8, 4) is 11.5 Å². The highest BCUT2D eigenvalue weighted by Gasteiger charge is 2.12. The second-order valence-electron chi connectivity index (χ2n) is 7.33. The summed E-state index contributed by atoms with van der Waals surface area (Å²) in [6.45, 7) is 1.77. The van der Waals surface area contributed by atoms with E-state index in [2.05, 4.69) is 16.0 Å². The second-order valence-corrected chi connectivity index (χ2v) is 8.27. The van der Waals surface area contributed by atoms with Gasteiger partial charge in [-0.15, -0.1) is 11.3 Å². The third-order valence-corrected chi connectivity index (χ3v) is 5.67. The number of rotatable bonds is 11. The summed E-state index contributed by atoms with van der Waals surface area (Å²) in [5.41, 5.74) is 1.39. The average molecular weight is 496 g/mol. The Labute approximate surface area is 206 Å². The summed E-state index contributed by atoms with van der Waals surface area (Å²) in [7, 11) is 1.45. The summed E-state index contributed by atoms with van der Waals surface area (Å²) in [4.78, 5) is 48.5. The summed E-state index contributed by atoms with van der Waals surface area (Å²) in [6, 6.07) is 14.6. The summed E-state index contributed by atoms with van der Waals surface area (Å²) in [5.74, 6) is -0.284. The van der Waals surface area contributed by atoms with Gasteiger partial charge in [0.15, 0.2) is 23.9 Å². The molecule has 0 atom stereocenters. The topological polar surface area (TPSA) is 123 Å². The van der Waals surface area contributed by atoms with Crippen molar-refractivity contribution in [2.45, 2.75) is 6.92 Å². The lowest BCUT2D eigenvalue weighted by atomic mass is 10.1. The molecule has 0 saturated heterocycles. The van der Waals surface area contributed by atoms with E-state index in [1.165, 1.54) is 25.4 Å². The van der Waals surface area contributed by atoms with Crippen LogP contribution in [0.4, 0.5) is 5.69 Å². The molecule has 0 aliphatic carbocycles. The van der Waals surface area contributed by atoms with Crippen LogP contribution in [0.1, 0.15) is 37.3 Å². The number of thiophene rings is 1. The molecule has 0 unspecified atom stereocenters. The first kappa shape index (κ1) is 25.4. The third kappa shape index (κ3) is 7.41. The third-order valence-electron chi connectivity index (χ3n) is 4.80. The Bertz CT molecular complexity index is 1190. The normalized spacial score (nSPS) is 10.2. The minimum absolute atomic E-state index is 0.106. The summed E-state index contributed by atoms with van der Waals surface area (Å²) in [6.07, 6.45) is 0. The maximum Gasteiger partial charge on any atom is 0.262 e. The molecule has 0 bridgehead atoms. The largest absolute Gasteiger partial charge is 0.493 e. The molecule has 10 heteroatoms. The predicted octanol–water partition coefficient (Wildman–Crippen LogP) is 3.14. The molecule has 0 fully saturated rings. The van der Waals surface area contributed by atoms with Crippen LogP contribution in [0.25, 0.3) is 0 Å². The molecular weight excluding hydrogens is 470 g/mol. The lowest BCUT2D eigenvalue weighted by Gasteiger charge is -2.12. The van der Waals surface area contributed by atoms with Gasteiger partial charge in [0.25, 0.3) is 17.7 Å². The number of carbonyl (C=O) groups excluding carboxylic acids is 4. The Morgan fingerprint density at radius 1 is 0.857 bits per heavy atom. The van der Waals surface area contributed by atoms with Crippen LogP contribution in [0.5, 0.6) is 11.5 Å². The van der Waals surface area contributed by atoms with Gasteiger partial charge in [-0.25, -0.2) is 0 Å². The molecule has 3 aromatic rings. The van der Waals surface area contributed by atoms with Crippen LogP contribution < -0.4 is 25.4 Å². The monoisotopic (exact) mass is 495 g/mol. The molecule has 9 nitrogen and oxygen atoms in total. The van der Waals surface area contributed by atoms with Gasteiger partial charge in [0.1, 0.15) is 0 Å². The quantitative estimate of drug-likeness (QED) is 0.277. The molecule has 0 aliphatic rings. The molecular formula is C25H25N3O6S. The van der Waals surface area contributed by atoms with Crippen molar-refractivity contribution in [2.75, 3.05) is 32.1 Å². The maximum atomic E-state index is 12.3. The van der Waals surface area contributed by atoms with Crippen LogP contribution in [0.15, 0.2) is 60.0 Å². The number of ether oxygens (including phenoxy) is 2. The summed E-state index contributed by atoms with van der Waals surface area (Å²) < 4.78 is 10.7. The van der Waals surface area contributed by atoms with Gasteiger partial charge in [-0.3, -0.25) is 19.2 Å². The van der Waals surface area contributed by atoms with E-state index in [0.717, 1.165) is 0 Å². The summed E-state index contributed by atoms with van der Waals surface area (Å²) in [5, 5.41) is 9.97. The number of carbonyl (C=O) groups is 4. The Morgan fingerprint density at radius 2 is 1.54 bits per heavy atom. The van der Waals surface area contributed by atoms with Crippen molar-refractivity contribution in [2.24, 2.45) is 0 Å². The van der Waals surface area contributed by atoms with Crippen molar-refractivity contribution >= 4 is 40.5 Å². The van der Waals surface area contributed by atoms with E-state index in [9.17, 15) is 19.2 Å².